The Labute approximate surface area is 122 Å². The summed E-state index contributed by atoms with van der Waals surface area (Å²) in [6.45, 7) is 0. The molecule has 0 aromatic heterocycles. The van der Waals surface area contributed by atoms with Crippen molar-refractivity contribution >= 4 is 0 Å². The lowest BCUT2D eigenvalue weighted by Gasteiger charge is -2.47. The van der Waals surface area contributed by atoms with Crippen molar-refractivity contribution in [2.75, 3.05) is 7.11 Å². The Kier molecular flexibility index (Phi) is 3.22. The van der Waals surface area contributed by atoms with Gasteiger partial charge in [0.2, 0.25) is 0 Å². The van der Waals surface area contributed by atoms with Gasteiger partial charge >= 0.3 is 0 Å². The van der Waals surface area contributed by atoms with Crippen LogP contribution in [0.4, 0.5) is 0 Å². The normalized spacial score (nSPS) is 26.8. The highest BCUT2D eigenvalue weighted by molar-refractivity contribution is 5.42. The molecule has 0 spiro atoms. The van der Waals surface area contributed by atoms with Crippen LogP contribution in [0, 0.1) is 0 Å². The highest BCUT2D eigenvalue weighted by atomic mass is 16.7. The number of rotatable bonds is 2. The standard InChI is InChI=1S/C16H16O5/c1-20-14-12-9-5-6-10-13(12)21-16(19,15(14,17)18)11-7-3-2-4-8-11/h2-10,14,17-19H,1H3. The molecule has 2 aromatic rings. The summed E-state index contributed by atoms with van der Waals surface area (Å²) in [7, 11) is 1.35. The van der Waals surface area contributed by atoms with Crippen LogP contribution in [-0.4, -0.2) is 28.2 Å². The van der Waals surface area contributed by atoms with Crippen LogP contribution in [0.5, 0.6) is 5.75 Å². The van der Waals surface area contributed by atoms with Gasteiger partial charge in [0, 0.05) is 18.2 Å². The van der Waals surface area contributed by atoms with Crippen LogP contribution in [0.2, 0.25) is 0 Å². The minimum atomic E-state index is -2.64. The number of hydrogen-bond donors (Lipinski definition) is 3. The molecule has 2 atom stereocenters. The predicted molar refractivity (Wildman–Crippen MR) is 74.3 cm³/mol. The lowest BCUT2D eigenvalue weighted by atomic mass is 9.86. The van der Waals surface area contributed by atoms with E-state index in [1.54, 1.807) is 54.6 Å². The molecule has 0 amide bonds. The maximum Gasteiger partial charge on any atom is 0.292 e. The van der Waals surface area contributed by atoms with Crippen molar-refractivity contribution in [3.63, 3.8) is 0 Å². The first-order valence-electron chi connectivity index (χ1n) is 6.54. The van der Waals surface area contributed by atoms with Crippen LogP contribution in [0.25, 0.3) is 0 Å². The van der Waals surface area contributed by atoms with E-state index in [-0.39, 0.29) is 5.56 Å². The molecule has 0 saturated heterocycles. The van der Waals surface area contributed by atoms with Crippen LogP contribution in [0.1, 0.15) is 17.2 Å². The Morgan fingerprint density at radius 2 is 1.57 bits per heavy atom. The van der Waals surface area contributed by atoms with Crippen molar-refractivity contribution in [3.8, 4) is 5.75 Å². The number of hydrogen-bond acceptors (Lipinski definition) is 5. The van der Waals surface area contributed by atoms with Gasteiger partial charge in [0.05, 0.1) is 0 Å². The number of methoxy groups -OCH3 is 1. The summed E-state index contributed by atoms with van der Waals surface area (Å²) in [5.74, 6) is -4.63. The second-order valence-corrected chi connectivity index (χ2v) is 4.99. The Hall–Kier alpha value is -1.92. The largest absolute Gasteiger partial charge is 0.452 e. The fraction of sp³-hybridized carbons (Fsp3) is 0.250. The third-order valence-electron chi connectivity index (χ3n) is 3.72. The molecular weight excluding hydrogens is 272 g/mol. The van der Waals surface area contributed by atoms with Crippen molar-refractivity contribution in [2.24, 2.45) is 0 Å². The Morgan fingerprint density at radius 3 is 2.24 bits per heavy atom. The van der Waals surface area contributed by atoms with E-state index in [9.17, 15) is 15.3 Å². The van der Waals surface area contributed by atoms with Gasteiger partial charge in [-0.05, 0) is 6.07 Å². The SMILES string of the molecule is COC1c2ccccc2OC(O)(c2ccccc2)C1(O)O. The lowest BCUT2D eigenvalue weighted by molar-refractivity contribution is -0.395. The van der Waals surface area contributed by atoms with Crippen molar-refractivity contribution in [2.45, 2.75) is 17.7 Å². The summed E-state index contributed by atoms with van der Waals surface area (Å²) < 4.78 is 10.7. The zero-order chi connectivity index (χ0) is 15.1. The summed E-state index contributed by atoms with van der Waals surface area (Å²) in [4.78, 5) is 0. The minimum absolute atomic E-state index is 0.228. The van der Waals surface area contributed by atoms with Gasteiger partial charge in [-0.2, -0.15) is 0 Å². The van der Waals surface area contributed by atoms with E-state index in [2.05, 4.69) is 0 Å². The van der Waals surface area contributed by atoms with E-state index < -0.39 is 17.7 Å². The van der Waals surface area contributed by atoms with E-state index in [0.29, 0.717) is 11.3 Å². The molecule has 0 saturated carbocycles. The molecule has 110 valence electrons. The molecular formula is C16H16O5. The van der Waals surface area contributed by atoms with Gasteiger partial charge in [0.1, 0.15) is 11.9 Å². The van der Waals surface area contributed by atoms with Crippen LogP contribution in [-0.2, 0) is 10.5 Å². The molecule has 2 unspecified atom stereocenters. The summed E-state index contributed by atoms with van der Waals surface area (Å²) in [5.41, 5.74) is 0.692. The molecule has 0 fully saturated rings. The summed E-state index contributed by atoms with van der Waals surface area (Å²) in [6.07, 6.45) is -1.15. The van der Waals surface area contributed by atoms with Gasteiger partial charge < -0.3 is 24.8 Å². The average Bonchev–Trinajstić information content (AvgIpc) is 2.49. The summed E-state index contributed by atoms with van der Waals surface area (Å²) in [5, 5.41) is 31.8. The zero-order valence-corrected chi connectivity index (χ0v) is 11.4. The fourth-order valence-corrected chi connectivity index (χ4v) is 2.65. The monoisotopic (exact) mass is 288 g/mol. The highest BCUT2D eigenvalue weighted by Crippen LogP contribution is 2.49. The van der Waals surface area contributed by atoms with Gasteiger partial charge in [0.25, 0.3) is 11.6 Å². The third-order valence-corrected chi connectivity index (χ3v) is 3.72. The van der Waals surface area contributed by atoms with Gasteiger partial charge in [-0.25, -0.2) is 0 Å². The molecule has 21 heavy (non-hydrogen) atoms. The van der Waals surface area contributed by atoms with Crippen molar-refractivity contribution in [3.05, 3.63) is 65.7 Å². The van der Waals surface area contributed by atoms with Crippen LogP contribution >= 0.6 is 0 Å². The molecule has 1 aliphatic heterocycles. The number of fused-ring (bicyclic) bond motifs is 1. The lowest BCUT2D eigenvalue weighted by Crippen LogP contribution is -2.61. The number of aliphatic hydroxyl groups is 3. The van der Waals surface area contributed by atoms with Crippen molar-refractivity contribution in [1.82, 2.24) is 0 Å². The second kappa shape index (κ2) is 4.82. The minimum Gasteiger partial charge on any atom is -0.452 e. The molecule has 0 bridgehead atoms. The number of ether oxygens (including phenoxy) is 2. The molecule has 0 aliphatic carbocycles. The molecule has 0 radical (unpaired) electrons. The highest BCUT2D eigenvalue weighted by Gasteiger charge is 2.61. The fourth-order valence-electron chi connectivity index (χ4n) is 2.65. The van der Waals surface area contributed by atoms with Crippen LogP contribution in [0.15, 0.2) is 54.6 Å². The topological polar surface area (TPSA) is 79.2 Å². The third kappa shape index (κ3) is 1.94. The second-order valence-electron chi connectivity index (χ2n) is 4.99. The van der Waals surface area contributed by atoms with Gasteiger partial charge in [-0.1, -0.05) is 48.5 Å². The first-order valence-corrected chi connectivity index (χ1v) is 6.54. The molecule has 1 aliphatic rings. The Balaban J connectivity index is 2.20. The smallest absolute Gasteiger partial charge is 0.292 e. The molecule has 3 rings (SSSR count). The van der Waals surface area contributed by atoms with Gasteiger partial charge in [-0.15, -0.1) is 0 Å². The molecule has 5 heteroatoms. The Bertz CT molecular complexity index is 640. The van der Waals surface area contributed by atoms with E-state index >= 15 is 0 Å². The first-order chi connectivity index (χ1) is 10.0. The molecule has 3 N–H and O–H groups in total. The molecule has 1 heterocycles. The van der Waals surface area contributed by atoms with E-state index in [0.717, 1.165) is 0 Å². The van der Waals surface area contributed by atoms with Gasteiger partial charge in [-0.3, -0.25) is 0 Å². The summed E-state index contributed by atoms with van der Waals surface area (Å²) >= 11 is 0. The van der Waals surface area contributed by atoms with E-state index in [1.165, 1.54) is 7.11 Å². The average molecular weight is 288 g/mol. The maximum absolute atomic E-state index is 10.8. The Morgan fingerprint density at radius 1 is 0.952 bits per heavy atom. The molecule has 5 nitrogen and oxygen atoms in total. The quantitative estimate of drug-likeness (QED) is 0.726. The zero-order valence-electron chi connectivity index (χ0n) is 11.4. The van der Waals surface area contributed by atoms with Gasteiger partial charge in [0.15, 0.2) is 0 Å². The van der Waals surface area contributed by atoms with E-state index in [1.807, 2.05) is 0 Å². The van der Waals surface area contributed by atoms with E-state index in [4.69, 9.17) is 9.47 Å². The number of benzene rings is 2. The van der Waals surface area contributed by atoms with Crippen molar-refractivity contribution < 1.29 is 24.8 Å². The van der Waals surface area contributed by atoms with Crippen LogP contribution in [0.3, 0.4) is 0 Å². The first kappa shape index (κ1) is 14.0. The maximum atomic E-state index is 10.8. The molecule has 2 aromatic carbocycles. The van der Waals surface area contributed by atoms with Crippen LogP contribution < -0.4 is 4.74 Å². The van der Waals surface area contributed by atoms with Crippen molar-refractivity contribution in [1.29, 1.82) is 0 Å². The number of para-hydroxylation sites is 1. The predicted octanol–water partition coefficient (Wildman–Crippen LogP) is 1.29. The summed E-state index contributed by atoms with van der Waals surface area (Å²) in [6, 6.07) is 15.0.